The Morgan fingerprint density at radius 2 is 1.92 bits per heavy atom. The van der Waals surface area contributed by atoms with Crippen LogP contribution >= 0.6 is 0 Å². The summed E-state index contributed by atoms with van der Waals surface area (Å²) in [6.45, 7) is 1.43. The number of primary amides is 1. The number of nitrogens with two attached hydrogens (primary N) is 1. The van der Waals surface area contributed by atoms with Crippen LogP contribution in [0.2, 0.25) is 0 Å². The molecule has 1 amide bonds. The highest BCUT2D eigenvalue weighted by Crippen LogP contribution is 2.42. The first-order chi connectivity index (χ1) is 11.3. The summed E-state index contributed by atoms with van der Waals surface area (Å²) in [7, 11) is 0. The minimum Gasteiger partial charge on any atom is -0.488 e. The predicted octanol–water partition coefficient (Wildman–Crippen LogP) is 1.32. The van der Waals surface area contributed by atoms with Gasteiger partial charge in [-0.25, -0.2) is 0 Å². The van der Waals surface area contributed by atoms with Gasteiger partial charge >= 0.3 is 6.18 Å². The van der Waals surface area contributed by atoms with Crippen LogP contribution in [0.1, 0.15) is 5.56 Å². The van der Waals surface area contributed by atoms with Crippen molar-refractivity contribution in [3.8, 4) is 5.75 Å². The van der Waals surface area contributed by atoms with Crippen LogP contribution < -0.4 is 21.1 Å². The Labute approximate surface area is 136 Å². The van der Waals surface area contributed by atoms with Crippen LogP contribution in [0.25, 0.3) is 0 Å². The SMILES string of the molecule is NC(=O)C1=CC(c2ccc(OC3CNC3)cc2)(C(F)(F)F)NC=C1. The van der Waals surface area contributed by atoms with E-state index in [1.54, 1.807) is 0 Å². The molecule has 0 bridgehead atoms. The molecule has 1 aromatic rings. The van der Waals surface area contributed by atoms with Gasteiger partial charge in [0.05, 0.1) is 0 Å². The lowest BCUT2D eigenvalue weighted by Crippen LogP contribution is -2.52. The first kappa shape index (κ1) is 16.4. The van der Waals surface area contributed by atoms with Crippen molar-refractivity contribution in [2.45, 2.75) is 17.8 Å². The van der Waals surface area contributed by atoms with Crippen LogP contribution in [-0.4, -0.2) is 31.3 Å². The summed E-state index contributed by atoms with van der Waals surface area (Å²) in [5.41, 5.74) is 2.36. The fourth-order valence-corrected chi connectivity index (χ4v) is 2.57. The summed E-state index contributed by atoms with van der Waals surface area (Å²) in [6.07, 6.45) is -1.53. The highest BCUT2D eigenvalue weighted by Gasteiger charge is 2.55. The van der Waals surface area contributed by atoms with E-state index in [1.807, 2.05) is 0 Å². The molecule has 1 aromatic carbocycles. The number of carbonyl (C=O) groups is 1. The van der Waals surface area contributed by atoms with Crippen LogP contribution in [-0.2, 0) is 10.3 Å². The van der Waals surface area contributed by atoms with Gasteiger partial charge in [-0.2, -0.15) is 13.2 Å². The molecule has 0 aliphatic carbocycles. The summed E-state index contributed by atoms with van der Waals surface area (Å²) in [4.78, 5) is 11.3. The van der Waals surface area contributed by atoms with Gasteiger partial charge in [0, 0.05) is 18.7 Å². The van der Waals surface area contributed by atoms with E-state index in [1.165, 1.54) is 30.3 Å². The normalized spacial score (nSPS) is 23.9. The first-order valence-corrected chi connectivity index (χ1v) is 7.33. The molecule has 1 unspecified atom stereocenters. The zero-order valence-corrected chi connectivity index (χ0v) is 12.6. The summed E-state index contributed by atoms with van der Waals surface area (Å²) >= 11 is 0. The molecule has 2 heterocycles. The van der Waals surface area contributed by atoms with Gasteiger partial charge in [-0.05, 0) is 36.0 Å². The number of alkyl halides is 3. The molecular formula is C16H16F3N3O2. The molecule has 2 aliphatic heterocycles. The molecule has 3 rings (SSSR count). The maximum atomic E-state index is 13.8. The molecule has 1 atom stereocenters. The quantitative estimate of drug-likeness (QED) is 0.773. The predicted molar refractivity (Wildman–Crippen MR) is 81.0 cm³/mol. The molecule has 5 nitrogen and oxygen atoms in total. The van der Waals surface area contributed by atoms with E-state index < -0.39 is 17.6 Å². The molecule has 1 saturated heterocycles. The van der Waals surface area contributed by atoms with Gasteiger partial charge in [0.25, 0.3) is 0 Å². The number of carbonyl (C=O) groups excluding carboxylic acids is 1. The lowest BCUT2D eigenvalue weighted by atomic mass is 9.85. The number of rotatable bonds is 4. The number of ether oxygens (including phenoxy) is 1. The number of benzene rings is 1. The maximum absolute atomic E-state index is 13.8. The summed E-state index contributed by atoms with van der Waals surface area (Å²) in [5, 5.41) is 5.36. The first-order valence-electron chi connectivity index (χ1n) is 7.33. The van der Waals surface area contributed by atoms with Gasteiger partial charge in [0.1, 0.15) is 11.9 Å². The van der Waals surface area contributed by atoms with Crippen molar-refractivity contribution in [1.82, 2.24) is 10.6 Å². The van der Waals surface area contributed by atoms with E-state index in [0.29, 0.717) is 18.8 Å². The third kappa shape index (κ3) is 2.84. The van der Waals surface area contributed by atoms with E-state index in [0.717, 1.165) is 12.3 Å². The molecule has 4 N–H and O–H groups in total. The van der Waals surface area contributed by atoms with Crippen molar-refractivity contribution < 1.29 is 22.7 Å². The Hall–Kier alpha value is -2.48. The van der Waals surface area contributed by atoms with Crippen molar-refractivity contribution in [2.24, 2.45) is 5.73 Å². The van der Waals surface area contributed by atoms with Crippen LogP contribution in [0.4, 0.5) is 13.2 Å². The number of hydrogen-bond donors (Lipinski definition) is 3. The van der Waals surface area contributed by atoms with Crippen LogP contribution in [0, 0.1) is 0 Å². The summed E-state index contributed by atoms with van der Waals surface area (Å²) in [5.74, 6) is -0.424. The van der Waals surface area contributed by atoms with Gasteiger partial charge < -0.3 is 21.1 Å². The third-order valence-corrected chi connectivity index (χ3v) is 4.03. The van der Waals surface area contributed by atoms with Crippen molar-refractivity contribution in [3.05, 3.63) is 53.8 Å². The Kier molecular flexibility index (Phi) is 4.00. The van der Waals surface area contributed by atoms with Gasteiger partial charge in [0.15, 0.2) is 5.54 Å². The monoisotopic (exact) mass is 339 g/mol. The van der Waals surface area contributed by atoms with Gasteiger partial charge in [-0.3, -0.25) is 4.79 Å². The number of nitrogens with one attached hydrogen (secondary N) is 2. The fourth-order valence-electron chi connectivity index (χ4n) is 2.57. The van der Waals surface area contributed by atoms with Crippen molar-refractivity contribution in [3.63, 3.8) is 0 Å². The van der Waals surface area contributed by atoms with Gasteiger partial charge in [-0.15, -0.1) is 0 Å². The zero-order chi connectivity index (χ0) is 17.4. The minimum atomic E-state index is -4.67. The molecular weight excluding hydrogens is 323 g/mol. The Morgan fingerprint density at radius 3 is 2.42 bits per heavy atom. The largest absolute Gasteiger partial charge is 0.488 e. The van der Waals surface area contributed by atoms with Crippen molar-refractivity contribution >= 4 is 5.91 Å². The number of dihydropyridines is 1. The van der Waals surface area contributed by atoms with Gasteiger partial charge in [0.2, 0.25) is 5.91 Å². The van der Waals surface area contributed by atoms with Crippen molar-refractivity contribution in [1.29, 1.82) is 0 Å². The van der Waals surface area contributed by atoms with Gasteiger partial charge in [-0.1, -0.05) is 12.1 Å². The fraction of sp³-hybridized carbons (Fsp3) is 0.312. The molecule has 1 fully saturated rings. The van der Waals surface area contributed by atoms with Crippen LogP contribution in [0.3, 0.4) is 0 Å². The number of amides is 1. The van der Waals surface area contributed by atoms with E-state index in [2.05, 4.69) is 10.6 Å². The molecule has 8 heteroatoms. The Balaban J connectivity index is 1.95. The number of hydrogen-bond acceptors (Lipinski definition) is 4. The van der Waals surface area contributed by atoms with E-state index in [-0.39, 0.29) is 17.2 Å². The summed E-state index contributed by atoms with van der Waals surface area (Å²) < 4.78 is 46.9. The number of halogens is 3. The molecule has 128 valence electrons. The van der Waals surface area contributed by atoms with Crippen LogP contribution in [0.15, 0.2) is 48.2 Å². The van der Waals surface area contributed by atoms with E-state index in [9.17, 15) is 18.0 Å². The lowest BCUT2D eigenvalue weighted by molar-refractivity contribution is -0.182. The molecule has 0 spiro atoms. The smallest absolute Gasteiger partial charge is 0.419 e. The molecule has 0 saturated carbocycles. The average molecular weight is 339 g/mol. The molecule has 2 aliphatic rings. The topological polar surface area (TPSA) is 76.4 Å². The highest BCUT2D eigenvalue weighted by atomic mass is 19.4. The highest BCUT2D eigenvalue weighted by molar-refractivity contribution is 5.95. The van der Waals surface area contributed by atoms with Crippen LogP contribution in [0.5, 0.6) is 5.75 Å². The molecule has 0 aromatic heterocycles. The standard InChI is InChI=1S/C16H16F3N3O2/c17-16(18,19)15(7-10(14(20)23)5-6-22-15)11-1-3-12(4-2-11)24-13-8-21-9-13/h1-7,13,21-22H,8-9H2,(H2,20,23). The summed E-state index contributed by atoms with van der Waals surface area (Å²) in [6, 6.07) is 5.63. The Bertz CT molecular complexity index is 694. The molecule has 0 radical (unpaired) electrons. The minimum absolute atomic E-state index is 0.0320. The second-order valence-electron chi connectivity index (χ2n) is 5.67. The Morgan fingerprint density at radius 1 is 1.25 bits per heavy atom. The lowest BCUT2D eigenvalue weighted by Gasteiger charge is -2.36. The average Bonchev–Trinajstić information content (AvgIpc) is 2.50. The maximum Gasteiger partial charge on any atom is 0.419 e. The molecule has 24 heavy (non-hydrogen) atoms. The second-order valence-corrected chi connectivity index (χ2v) is 5.67. The zero-order valence-electron chi connectivity index (χ0n) is 12.6. The second kappa shape index (κ2) is 5.86. The third-order valence-electron chi connectivity index (χ3n) is 4.03. The van der Waals surface area contributed by atoms with E-state index in [4.69, 9.17) is 10.5 Å². The van der Waals surface area contributed by atoms with Crippen molar-refractivity contribution in [2.75, 3.05) is 13.1 Å². The van der Waals surface area contributed by atoms with E-state index >= 15 is 0 Å².